The van der Waals surface area contributed by atoms with E-state index in [1.165, 1.54) is 16.6 Å². The number of aromatic nitrogens is 4. The maximum atomic E-state index is 13.2. The first-order valence-electron chi connectivity index (χ1n) is 8.12. The van der Waals surface area contributed by atoms with Gasteiger partial charge in [-0.1, -0.05) is 6.07 Å². The highest BCUT2D eigenvalue weighted by atomic mass is 19.1. The van der Waals surface area contributed by atoms with Crippen molar-refractivity contribution in [1.82, 2.24) is 19.6 Å². The van der Waals surface area contributed by atoms with Crippen LogP contribution in [0.1, 0.15) is 16.3 Å². The Balaban J connectivity index is 1.47. The van der Waals surface area contributed by atoms with Crippen molar-refractivity contribution in [1.29, 1.82) is 0 Å². The van der Waals surface area contributed by atoms with Crippen LogP contribution in [-0.4, -0.2) is 25.5 Å². The highest BCUT2D eigenvalue weighted by Gasteiger charge is 2.14. The molecule has 0 fully saturated rings. The van der Waals surface area contributed by atoms with Gasteiger partial charge in [0.2, 0.25) is 5.82 Å². The molecular formula is C19H14FN5O2. The summed E-state index contributed by atoms with van der Waals surface area (Å²) in [6.07, 6.45) is 1.61. The third-order valence-electron chi connectivity index (χ3n) is 3.78. The Morgan fingerprint density at radius 1 is 1.11 bits per heavy atom. The summed E-state index contributed by atoms with van der Waals surface area (Å²) in [5.41, 5.74) is 1.38. The number of fused-ring (bicyclic) bond motifs is 1. The van der Waals surface area contributed by atoms with Crippen molar-refractivity contribution in [3.8, 4) is 11.5 Å². The molecule has 0 atom stereocenters. The fourth-order valence-corrected chi connectivity index (χ4v) is 2.46. The summed E-state index contributed by atoms with van der Waals surface area (Å²) < 4.78 is 20.3. The molecule has 0 aliphatic carbocycles. The molecule has 0 bridgehead atoms. The minimum atomic E-state index is -0.446. The maximum Gasteiger partial charge on any atom is 0.295 e. The number of carbonyl (C=O) groups is 1. The normalized spacial score (nSPS) is 10.7. The molecule has 0 unspecified atom stereocenters. The molecule has 1 amide bonds. The lowest BCUT2D eigenvalue weighted by Gasteiger charge is -2.07. The van der Waals surface area contributed by atoms with Crippen LogP contribution in [0.15, 0.2) is 60.8 Å². The molecular weight excluding hydrogens is 349 g/mol. The molecule has 4 rings (SSSR count). The third kappa shape index (κ3) is 3.59. The van der Waals surface area contributed by atoms with Gasteiger partial charge in [-0.05, 0) is 49.4 Å². The molecule has 7 nitrogen and oxygen atoms in total. The molecule has 1 N–H and O–H groups in total. The lowest BCUT2D eigenvalue weighted by atomic mass is 10.3. The number of nitrogens with zero attached hydrogens (tertiary/aromatic N) is 4. The zero-order valence-electron chi connectivity index (χ0n) is 14.3. The van der Waals surface area contributed by atoms with Crippen molar-refractivity contribution < 1.29 is 13.9 Å². The summed E-state index contributed by atoms with van der Waals surface area (Å²) in [6, 6.07) is 14.3. The molecule has 0 radical (unpaired) electrons. The van der Waals surface area contributed by atoms with E-state index in [0.717, 1.165) is 5.69 Å². The van der Waals surface area contributed by atoms with Crippen molar-refractivity contribution in [3.05, 3.63) is 78.1 Å². The highest BCUT2D eigenvalue weighted by Crippen LogP contribution is 2.23. The van der Waals surface area contributed by atoms with Gasteiger partial charge in [0, 0.05) is 23.6 Å². The molecule has 0 saturated heterocycles. The van der Waals surface area contributed by atoms with Crippen LogP contribution in [0.4, 0.5) is 10.1 Å². The Morgan fingerprint density at radius 2 is 1.93 bits per heavy atom. The van der Waals surface area contributed by atoms with Gasteiger partial charge >= 0.3 is 0 Å². The first-order chi connectivity index (χ1) is 13.1. The largest absolute Gasteiger partial charge is 0.457 e. The van der Waals surface area contributed by atoms with Gasteiger partial charge in [0.15, 0.2) is 0 Å². The summed E-state index contributed by atoms with van der Waals surface area (Å²) in [5.74, 6) is 0.475. The first-order valence-corrected chi connectivity index (χ1v) is 8.12. The van der Waals surface area contributed by atoms with Crippen LogP contribution in [0.5, 0.6) is 11.5 Å². The Labute approximate surface area is 153 Å². The van der Waals surface area contributed by atoms with E-state index in [2.05, 4.69) is 20.4 Å². The number of ether oxygens (including phenoxy) is 1. The minimum absolute atomic E-state index is 0.0249. The van der Waals surface area contributed by atoms with Gasteiger partial charge in [-0.25, -0.2) is 13.9 Å². The van der Waals surface area contributed by atoms with Gasteiger partial charge in [-0.2, -0.15) is 4.98 Å². The Kier molecular flexibility index (Phi) is 4.21. The van der Waals surface area contributed by atoms with Crippen LogP contribution in [-0.2, 0) is 0 Å². The fourth-order valence-electron chi connectivity index (χ4n) is 2.46. The number of nitrogens with one attached hydrogen (secondary N) is 1. The number of anilines is 1. The number of amides is 1. The highest BCUT2D eigenvalue weighted by molar-refractivity contribution is 6.01. The molecule has 0 aliphatic rings. The van der Waals surface area contributed by atoms with Crippen molar-refractivity contribution in [2.24, 2.45) is 0 Å². The van der Waals surface area contributed by atoms with Gasteiger partial charge < -0.3 is 10.1 Å². The SMILES string of the molecule is Cc1ccnc2nc(C(=O)Nc3ccc(Oc4cccc(F)c4)cc3)nn12. The second-order valence-electron chi connectivity index (χ2n) is 5.77. The standard InChI is InChI=1S/C19H14FN5O2/c1-12-9-10-21-19-23-17(24-25(12)19)18(26)22-14-5-7-15(8-6-14)27-16-4-2-3-13(20)11-16/h2-11H,1H3,(H,22,26). The van der Waals surface area contributed by atoms with Gasteiger partial charge in [0.25, 0.3) is 11.7 Å². The number of benzene rings is 2. The molecule has 27 heavy (non-hydrogen) atoms. The number of carbonyl (C=O) groups excluding carboxylic acids is 1. The molecule has 8 heteroatoms. The van der Waals surface area contributed by atoms with E-state index in [1.807, 2.05) is 6.92 Å². The van der Waals surface area contributed by atoms with Gasteiger partial charge in [-0.3, -0.25) is 4.79 Å². The predicted octanol–water partition coefficient (Wildman–Crippen LogP) is 3.62. The second kappa shape index (κ2) is 6.83. The van der Waals surface area contributed by atoms with Crippen LogP contribution in [0.25, 0.3) is 5.78 Å². The summed E-state index contributed by atoms with van der Waals surface area (Å²) in [5, 5.41) is 6.88. The lowest BCUT2D eigenvalue weighted by Crippen LogP contribution is -2.14. The molecule has 0 aliphatic heterocycles. The average Bonchev–Trinajstić information content (AvgIpc) is 3.09. The molecule has 134 valence electrons. The quantitative estimate of drug-likeness (QED) is 0.599. The van der Waals surface area contributed by atoms with Crippen molar-refractivity contribution in [2.75, 3.05) is 5.32 Å². The molecule has 0 spiro atoms. The molecule has 2 heterocycles. The zero-order valence-corrected chi connectivity index (χ0v) is 14.3. The van der Waals surface area contributed by atoms with E-state index in [9.17, 15) is 9.18 Å². The zero-order chi connectivity index (χ0) is 18.8. The second-order valence-corrected chi connectivity index (χ2v) is 5.77. The first kappa shape index (κ1) is 16.6. The summed E-state index contributed by atoms with van der Waals surface area (Å²) in [4.78, 5) is 20.6. The fraction of sp³-hybridized carbons (Fsp3) is 0.0526. The number of aryl methyl sites for hydroxylation is 1. The van der Waals surface area contributed by atoms with E-state index >= 15 is 0 Å². The van der Waals surface area contributed by atoms with Gasteiger partial charge in [0.05, 0.1) is 0 Å². The van der Waals surface area contributed by atoms with Crippen molar-refractivity contribution in [2.45, 2.75) is 6.92 Å². The predicted molar refractivity (Wildman–Crippen MR) is 96.4 cm³/mol. The third-order valence-corrected chi connectivity index (χ3v) is 3.78. The smallest absolute Gasteiger partial charge is 0.295 e. The number of rotatable bonds is 4. The van der Waals surface area contributed by atoms with Crippen molar-refractivity contribution >= 4 is 17.4 Å². The number of hydrogen-bond donors (Lipinski definition) is 1. The summed E-state index contributed by atoms with van der Waals surface area (Å²) in [6.45, 7) is 1.85. The number of halogens is 1. The molecule has 4 aromatic rings. The monoisotopic (exact) mass is 363 g/mol. The van der Waals surface area contributed by atoms with Crippen LogP contribution < -0.4 is 10.1 Å². The van der Waals surface area contributed by atoms with Crippen LogP contribution in [0.2, 0.25) is 0 Å². The van der Waals surface area contributed by atoms with E-state index in [0.29, 0.717) is 23.0 Å². The maximum absolute atomic E-state index is 13.2. The summed E-state index contributed by atoms with van der Waals surface area (Å²) >= 11 is 0. The van der Waals surface area contributed by atoms with E-state index < -0.39 is 5.91 Å². The van der Waals surface area contributed by atoms with Crippen molar-refractivity contribution in [3.63, 3.8) is 0 Å². The lowest BCUT2D eigenvalue weighted by molar-refractivity contribution is 0.101. The van der Waals surface area contributed by atoms with Gasteiger partial charge in [0.1, 0.15) is 17.3 Å². The van der Waals surface area contributed by atoms with Crippen LogP contribution >= 0.6 is 0 Å². The summed E-state index contributed by atoms with van der Waals surface area (Å²) in [7, 11) is 0. The Hall–Kier alpha value is -3.81. The minimum Gasteiger partial charge on any atom is -0.457 e. The Morgan fingerprint density at radius 3 is 2.67 bits per heavy atom. The van der Waals surface area contributed by atoms with E-state index in [1.54, 1.807) is 48.7 Å². The Bertz CT molecular complexity index is 1120. The van der Waals surface area contributed by atoms with Crippen LogP contribution in [0, 0.1) is 12.7 Å². The molecule has 2 aromatic carbocycles. The van der Waals surface area contributed by atoms with Gasteiger partial charge in [-0.15, -0.1) is 5.10 Å². The number of hydrogen-bond acceptors (Lipinski definition) is 5. The van der Waals surface area contributed by atoms with E-state index in [-0.39, 0.29) is 11.6 Å². The molecule has 2 aromatic heterocycles. The van der Waals surface area contributed by atoms with Crippen LogP contribution in [0.3, 0.4) is 0 Å². The molecule has 0 saturated carbocycles. The van der Waals surface area contributed by atoms with E-state index in [4.69, 9.17) is 4.74 Å². The average molecular weight is 363 g/mol. The topological polar surface area (TPSA) is 81.4 Å².